The summed E-state index contributed by atoms with van der Waals surface area (Å²) in [6, 6.07) is 3.70. The third kappa shape index (κ3) is 2.41. The second kappa shape index (κ2) is 6.04. The van der Waals surface area contributed by atoms with E-state index >= 15 is 0 Å². The van der Waals surface area contributed by atoms with Gasteiger partial charge < -0.3 is 10.3 Å². The van der Waals surface area contributed by atoms with Gasteiger partial charge in [0.1, 0.15) is 11.3 Å². The monoisotopic (exact) mass is 352 g/mol. The summed E-state index contributed by atoms with van der Waals surface area (Å²) in [6.45, 7) is 4.46. The molecule has 1 saturated heterocycles. The number of carbonyl (C=O) groups is 1. The molecule has 0 aliphatic carbocycles. The van der Waals surface area contributed by atoms with E-state index in [1.807, 2.05) is 19.9 Å². The smallest absolute Gasteiger partial charge is 0.282 e. The molecule has 0 radical (unpaired) electrons. The van der Waals surface area contributed by atoms with Crippen LogP contribution in [0.3, 0.4) is 0 Å². The Kier molecular flexibility index (Phi) is 4.34. The maximum absolute atomic E-state index is 12.9. The van der Waals surface area contributed by atoms with Gasteiger partial charge in [-0.3, -0.25) is 9.63 Å². The van der Waals surface area contributed by atoms with E-state index in [0.29, 0.717) is 36.5 Å². The molecule has 0 unspecified atom stereocenters. The molecule has 1 amide bonds. The average Bonchev–Trinajstić information content (AvgIpc) is 2.71. The highest BCUT2D eigenvalue weighted by molar-refractivity contribution is 6.35. The zero-order valence-corrected chi connectivity index (χ0v) is 14.7. The highest BCUT2D eigenvalue weighted by Crippen LogP contribution is 2.46. The van der Waals surface area contributed by atoms with E-state index in [2.05, 4.69) is 0 Å². The van der Waals surface area contributed by atoms with Gasteiger partial charge in [-0.05, 0) is 43.9 Å². The Morgan fingerprint density at radius 1 is 1.25 bits per heavy atom. The van der Waals surface area contributed by atoms with E-state index < -0.39 is 11.4 Å². The molecule has 1 fully saturated rings. The summed E-state index contributed by atoms with van der Waals surface area (Å²) in [5, 5.41) is 23.4. The van der Waals surface area contributed by atoms with Crippen molar-refractivity contribution >= 4 is 23.1 Å². The molecule has 1 spiro atoms. The summed E-state index contributed by atoms with van der Waals surface area (Å²) < 4.78 is 0. The zero-order chi connectivity index (χ0) is 17.6. The third-order valence-corrected chi connectivity index (χ3v) is 5.19. The molecular weight excluding hydrogens is 332 g/mol. The summed E-state index contributed by atoms with van der Waals surface area (Å²) >= 11 is 6.38. The number of aliphatic hydroxyl groups is 1. The van der Waals surface area contributed by atoms with Gasteiger partial charge in [0.25, 0.3) is 5.91 Å². The van der Waals surface area contributed by atoms with E-state index in [9.17, 15) is 15.1 Å². The van der Waals surface area contributed by atoms with E-state index in [0.717, 1.165) is 11.1 Å². The first-order valence-electron chi connectivity index (χ1n) is 7.85. The number of hydrogen-bond acceptors (Lipinski definition) is 5. The number of hydroxylamine groups is 4. The average molecular weight is 353 g/mol. The largest absolute Gasteiger partial charge is 0.509 e. The molecule has 1 aromatic carbocycles. The Morgan fingerprint density at radius 3 is 2.42 bits per heavy atom. The fourth-order valence-corrected chi connectivity index (χ4v) is 4.16. The molecule has 6 nitrogen and oxygen atoms in total. The Bertz CT molecular complexity index is 700. The number of piperidine rings is 1. The van der Waals surface area contributed by atoms with Crippen molar-refractivity contribution in [1.82, 2.24) is 10.1 Å². The number of aliphatic hydroxyl groups excluding tert-OH is 1. The van der Waals surface area contributed by atoms with Gasteiger partial charge in [-0.25, -0.2) is 5.06 Å². The Hall–Kier alpha value is -1.60. The molecule has 0 saturated carbocycles. The highest BCUT2D eigenvalue weighted by atomic mass is 35.5. The van der Waals surface area contributed by atoms with Crippen LogP contribution in [0.4, 0.5) is 0 Å². The Morgan fingerprint density at radius 2 is 1.88 bits per heavy atom. The number of halogens is 1. The van der Waals surface area contributed by atoms with Crippen LogP contribution in [0.2, 0.25) is 5.02 Å². The molecule has 3 rings (SSSR count). The number of rotatable bonds is 2. The molecule has 2 heterocycles. The first-order valence-corrected chi connectivity index (χ1v) is 8.23. The number of nitrogens with zero attached hydrogens (tertiary/aromatic N) is 2. The van der Waals surface area contributed by atoms with Crippen LogP contribution < -0.4 is 0 Å². The number of benzene rings is 1. The van der Waals surface area contributed by atoms with Crippen molar-refractivity contribution in [3.63, 3.8) is 0 Å². The van der Waals surface area contributed by atoms with Gasteiger partial charge in [0.2, 0.25) is 0 Å². The minimum Gasteiger partial charge on any atom is -0.509 e. The molecule has 2 aliphatic heterocycles. The van der Waals surface area contributed by atoms with Crippen LogP contribution in [-0.4, -0.2) is 52.1 Å². The van der Waals surface area contributed by atoms with Crippen LogP contribution in [-0.2, 0) is 9.63 Å². The maximum atomic E-state index is 12.9. The first-order chi connectivity index (χ1) is 11.3. The molecule has 130 valence electrons. The number of hydrogen-bond donors (Lipinski definition) is 2. The topological polar surface area (TPSA) is 73.2 Å². The summed E-state index contributed by atoms with van der Waals surface area (Å²) in [6.07, 6.45) is 0.752. The van der Waals surface area contributed by atoms with Crippen molar-refractivity contribution in [2.45, 2.75) is 32.2 Å². The van der Waals surface area contributed by atoms with Crippen LogP contribution in [0.15, 0.2) is 17.9 Å². The standard InChI is InChI=1S/C17H21ClN2O4/c1-10-8-11(2)13(12(18)9-10)14-15(21)17(20(24-3)16(14)22)4-6-19(23)7-5-17/h8-9,21,23H,4-7H2,1-3H3. The molecule has 2 aliphatic rings. The lowest BCUT2D eigenvalue weighted by Crippen LogP contribution is -2.54. The molecule has 0 bridgehead atoms. The van der Waals surface area contributed by atoms with Crippen molar-refractivity contribution in [2.75, 3.05) is 20.2 Å². The van der Waals surface area contributed by atoms with E-state index in [1.165, 1.54) is 17.2 Å². The minimum atomic E-state index is -0.957. The third-order valence-electron chi connectivity index (χ3n) is 4.90. The molecule has 0 aromatic heterocycles. The van der Waals surface area contributed by atoms with Crippen molar-refractivity contribution < 1.29 is 19.9 Å². The van der Waals surface area contributed by atoms with Gasteiger partial charge in [-0.2, -0.15) is 5.06 Å². The van der Waals surface area contributed by atoms with Gasteiger partial charge in [-0.15, -0.1) is 0 Å². The van der Waals surface area contributed by atoms with Gasteiger partial charge in [0.15, 0.2) is 0 Å². The van der Waals surface area contributed by atoms with E-state index in [4.69, 9.17) is 16.4 Å². The lowest BCUT2D eigenvalue weighted by Gasteiger charge is -2.41. The van der Waals surface area contributed by atoms with Crippen LogP contribution in [0.25, 0.3) is 5.57 Å². The highest BCUT2D eigenvalue weighted by Gasteiger charge is 2.55. The second-order valence-electron chi connectivity index (χ2n) is 6.43. The Balaban J connectivity index is 2.17. The summed E-state index contributed by atoms with van der Waals surface area (Å²) in [7, 11) is 1.41. The fraction of sp³-hybridized carbons (Fsp3) is 0.471. The zero-order valence-electron chi connectivity index (χ0n) is 14.0. The van der Waals surface area contributed by atoms with Gasteiger partial charge in [-0.1, -0.05) is 17.7 Å². The predicted octanol–water partition coefficient (Wildman–Crippen LogP) is 2.85. The van der Waals surface area contributed by atoms with Gasteiger partial charge >= 0.3 is 0 Å². The minimum absolute atomic E-state index is 0.0312. The van der Waals surface area contributed by atoms with Crippen LogP contribution in [0, 0.1) is 13.8 Å². The predicted molar refractivity (Wildman–Crippen MR) is 89.7 cm³/mol. The molecule has 1 aromatic rings. The van der Waals surface area contributed by atoms with Crippen molar-refractivity contribution in [1.29, 1.82) is 0 Å². The number of aryl methyl sites for hydroxylation is 2. The van der Waals surface area contributed by atoms with Gasteiger partial charge in [0, 0.05) is 23.7 Å². The molecule has 7 heteroatoms. The van der Waals surface area contributed by atoms with E-state index in [-0.39, 0.29) is 11.3 Å². The summed E-state index contributed by atoms with van der Waals surface area (Å²) in [5.41, 5.74) is 1.57. The van der Waals surface area contributed by atoms with Crippen LogP contribution in [0.5, 0.6) is 0 Å². The van der Waals surface area contributed by atoms with Crippen molar-refractivity contribution in [3.8, 4) is 0 Å². The number of carbonyl (C=O) groups excluding carboxylic acids is 1. The van der Waals surface area contributed by atoms with Crippen LogP contribution >= 0.6 is 11.6 Å². The fourth-order valence-electron chi connectivity index (χ4n) is 3.75. The normalized spacial score (nSPS) is 21.2. The Labute approximate surface area is 145 Å². The van der Waals surface area contributed by atoms with Crippen molar-refractivity contribution in [2.24, 2.45) is 0 Å². The lowest BCUT2D eigenvalue weighted by atomic mass is 9.85. The van der Waals surface area contributed by atoms with E-state index in [1.54, 1.807) is 6.07 Å². The molecular formula is C17H21ClN2O4. The maximum Gasteiger partial charge on any atom is 0.282 e. The van der Waals surface area contributed by atoms with Gasteiger partial charge in [0.05, 0.1) is 12.7 Å². The SMILES string of the molecule is CON1C(=O)C(c2c(C)cc(C)cc2Cl)=C(O)C12CCN(O)CC2. The first kappa shape index (κ1) is 17.2. The summed E-state index contributed by atoms with van der Waals surface area (Å²) in [4.78, 5) is 18.3. The summed E-state index contributed by atoms with van der Waals surface area (Å²) in [5.74, 6) is -0.438. The molecule has 0 atom stereocenters. The molecule has 2 N–H and O–H groups in total. The second-order valence-corrected chi connectivity index (χ2v) is 6.84. The quantitative estimate of drug-likeness (QED) is 0.856. The lowest BCUT2D eigenvalue weighted by molar-refractivity contribution is -0.215. The van der Waals surface area contributed by atoms with Crippen LogP contribution in [0.1, 0.15) is 29.5 Å². The molecule has 24 heavy (non-hydrogen) atoms. The number of amides is 1. The van der Waals surface area contributed by atoms with Crippen molar-refractivity contribution in [3.05, 3.63) is 39.6 Å².